The molecule has 1 saturated heterocycles. The number of amides is 1. The number of rotatable bonds is 7. The number of hydrogen-bond acceptors (Lipinski definition) is 5. The topological polar surface area (TPSA) is 68.6 Å². The van der Waals surface area contributed by atoms with Crippen molar-refractivity contribution in [2.75, 3.05) is 45.3 Å². The first-order chi connectivity index (χ1) is 16.7. The van der Waals surface area contributed by atoms with Crippen molar-refractivity contribution in [2.45, 2.75) is 6.54 Å². The molecule has 2 heterocycles. The predicted molar refractivity (Wildman–Crippen MR) is 133 cm³/mol. The number of methoxy groups -OCH3 is 1. The van der Waals surface area contributed by atoms with E-state index in [0.29, 0.717) is 18.0 Å². The van der Waals surface area contributed by atoms with Gasteiger partial charge in [-0.1, -0.05) is 54.6 Å². The van der Waals surface area contributed by atoms with Gasteiger partial charge in [0.15, 0.2) is 5.69 Å². The van der Waals surface area contributed by atoms with Gasteiger partial charge in [0.25, 0.3) is 5.91 Å². The normalized spacial score (nSPS) is 14.3. The van der Waals surface area contributed by atoms with Gasteiger partial charge in [-0.3, -0.25) is 14.4 Å². The minimum Gasteiger partial charge on any atom is -0.494 e. The summed E-state index contributed by atoms with van der Waals surface area (Å²) in [4.78, 5) is 15.6. The van der Waals surface area contributed by atoms with Crippen molar-refractivity contribution >= 4 is 22.5 Å². The number of carbonyl (C=O) groups excluding carboxylic acids is 1. The lowest BCUT2D eigenvalue weighted by molar-refractivity contribution is 0.0361. The van der Waals surface area contributed by atoms with Crippen LogP contribution in [0.5, 0.6) is 5.75 Å². The highest BCUT2D eigenvalue weighted by Crippen LogP contribution is 2.29. The molecule has 5 rings (SSSR count). The largest absolute Gasteiger partial charge is 0.494 e. The summed E-state index contributed by atoms with van der Waals surface area (Å²) in [6.45, 7) is 4.81. The highest BCUT2D eigenvalue weighted by Gasteiger charge is 2.21. The monoisotopic (exact) mass is 456 g/mol. The number of morpholine rings is 1. The highest BCUT2D eigenvalue weighted by molar-refractivity contribution is 6.12. The number of benzene rings is 3. The number of nitrogens with one attached hydrogen (secondary N) is 1. The van der Waals surface area contributed by atoms with Crippen LogP contribution < -0.4 is 10.1 Å². The van der Waals surface area contributed by atoms with E-state index in [4.69, 9.17) is 14.6 Å². The maximum Gasteiger partial charge on any atom is 0.276 e. The van der Waals surface area contributed by atoms with Gasteiger partial charge < -0.3 is 14.8 Å². The van der Waals surface area contributed by atoms with E-state index >= 15 is 0 Å². The molecule has 0 spiro atoms. The van der Waals surface area contributed by atoms with Crippen LogP contribution in [0.25, 0.3) is 22.0 Å². The number of anilines is 1. The molecule has 1 aliphatic heterocycles. The van der Waals surface area contributed by atoms with E-state index in [0.717, 1.165) is 60.6 Å². The SMILES string of the molecule is COc1cccc2c(C(=O)Nc3ccc(-c4ccccc4)cc3)nn(CCN3CCOCC3)c12. The van der Waals surface area contributed by atoms with Crippen LogP contribution in [0.3, 0.4) is 0 Å². The lowest BCUT2D eigenvalue weighted by Crippen LogP contribution is -2.38. The Hall–Kier alpha value is -3.68. The van der Waals surface area contributed by atoms with Gasteiger partial charge in [-0.15, -0.1) is 0 Å². The molecule has 7 nitrogen and oxygen atoms in total. The molecule has 0 unspecified atom stereocenters. The minimum atomic E-state index is -0.240. The fourth-order valence-electron chi connectivity index (χ4n) is 4.33. The molecular formula is C27H28N4O3. The second kappa shape index (κ2) is 10.1. The Morgan fingerprint density at radius 2 is 1.68 bits per heavy atom. The molecule has 0 radical (unpaired) electrons. The zero-order valence-corrected chi connectivity index (χ0v) is 19.2. The molecule has 0 aliphatic carbocycles. The third kappa shape index (κ3) is 4.66. The zero-order valence-electron chi connectivity index (χ0n) is 19.2. The molecule has 1 aliphatic rings. The molecule has 0 bridgehead atoms. The second-order valence-electron chi connectivity index (χ2n) is 8.28. The Kier molecular flexibility index (Phi) is 6.56. The summed E-state index contributed by atoms with van der Waals surface area (Å²) in [5.41, 5.74) is 4.19. The molecule has 4 aromatic rings. The minimum absolute atomic E-state index is 0.240. The number of nitrogens with zero attached hydrogens (tertiary/aromatic N) is 3. The Labute approximate surface area is 198 Å². The first-order valence-corrected chi connectivity index (χ1v) is 11.5. The lowest BCUT2D eigenvalue weighted by Gasteiger charge is -2.26. The maximum atomic E-state index is 13.2. The summed E-state index contributed by atoms with van der Waals surface area (Å²) < 4.78 is 12.9. The zero-order chi connectivity index (χ0) is 23.3. The Balaban J connectivity index is 1.38. The van der Waals surface area contributed by atoms with E-state index in [1.165, 1.54) is 0 Å². The van der Waals surface area contributed by atoms with E-state index in [1.807, 2.05) is 65.3 Å². The summed E-state index contributed by atoms with van der Waals surface area (Å²) in [5.74, 6) is 0.467. The van der Waals surface area contributed by atoms with Crippen LogP contribution in [-0.4, -0.2) is 60.5 Å². The van der Waals surface area contributed by atoms with Gasteiger partial charge >= 0.3 is 0 Å². The number of aromatic nitrogens is 2. The van der Waals surface area contributed by atoms with E-state index < -0.39 is 0 Å². The number of carbonyl (C=O) groups is 1. The van der Waals surface area contributed by atoms with Crippen LogP contribution in [0.2, 0.25) is 0 Å². The molecule has 1 amide bonds. The van der Waals surface area contributed by atoms with Crippen LogP contribution >= 0.6 is 0 Å². The molecule has 0 atom stereocenters. The first-order valence-electron chi connectivity index (χ1n) is 11.5. The smallest absolute Gasteiger partial charge is 0.276 e. The molecule has 1 fully saturated rings. The number of ether oxygens (including phenoxy) is 2. The molecule has 0 saturated carbocycles. The van der Waals surface area contributed by atoms with Crippen LogP contribution in [-0.2, 0) is 11.3 Å². The summed E-state index contributed by atoms with van der Waals surface area (Å²) in [5, 5.41) is 8.49. The van der Waals surface area contributed by atoms with E-state index in [2.05, 4.69) is 22.3 Å². The lowest BCUT2D eigenvalue weighted by atomic mass is 10.1. The number of fused-ring (bicyclic) bond motifs is 1. The van der Waals surface area contributed by atoms with Crippen molar-refractivity contribution < 1.29 is 14.3 Å². The van der Waals surface area contributed by atoms with Gasteiger partial charge in [0, 0.05) is 30.7 Å². The fourth-order valence-corrected chi connectivity index (χ4v) is 4.33. The van der Waals surface area contributed by atoms with Gasteiger partial charge in [-0.05, 0) is 29.3 Å². The fraction of sp³-hybridized carbons (Fsp3) is 0.259. The predicted octanol–water partition coefficient (Wildman–Crippen LogP) is 4.30. The number of hydrogen-bond donors (Lipinski definition) is 1. The van der Waals surface area contributed by atoms with Crippen molar-refractivity contribution in [1.29, 1.82) is 0 Å². The quantitative estimate of drug-likeness (QED) is 0.449. The summed E-state index contributed by atoms with van der Waals surface area (Å²) in [6, 6.07) is 23.7. The van der Waals surface area contributed by atoms with Crippen molar-refractivity contribution in [3.8, 4) is 16.9 Å². The third-order valence-corrected chi connectivity index (χ3v) is 6.15. The second-order valence-corrected chi connectivity index (χ2v) is 8.28. The van der Waals surface area contributed by atoms with Gasteiger partial charge in [-0.2, -0.15) is 5.10 Å². The molecule has 1 aromatic heterocycles. The molecule has 3 aromatic carbocycles. The average molecular weight is 457 g/mol. The molecular weight excluding hydrogens is 428 g/mol. The number of para-hydroxylation sites is 1. The van der Waals surface area contributed by atoms with E-state index in [1.54, 1.807) is 7.11 Å². The van der Waals surface area contributed by atoms with Gasteiger partial charge in [0.1, 0.15) is 11.3 Å². The van der Waals surface area contributed by atoms with Gasteiger partial charge in [0.05, 0.1) is 26.9 Å². The van der Waals surface area contributed by atoms with Gasteiger partial charge in [0.2, 0.25) is 0 Å². The molecule has 174 valence electrons. The third-order valence-electron chi connectivity index (χ3n) is 6.15. The van der Waals surface area contributed by atoms with Crippen molar-refractivity contribution in [3.05, 3.63) is 78.5 Å². The Morgan fingerprint density at radius 3 is 2.41 bits per heavy atom. The van der Waals surface area contributed by atoms with Crippen molar-refractivity contribution in [3.63, 3.8) is 0 Å². The van der Waals surface area contributed by atoms with Gasteiger partial charge in [-0.25, -0.2) is 0 Å². The van der Waals surface area contributed by atoms with Crippen LogP contribution in [0.1, 0.15) is 10.5 Å². The maximum absolute atomic E-state index is 13.2. The van der Waals surface area contributed by atoms with Crippen LogP contribution in [0.15, 0.2) is 72.8 Å². The van der Waals surface area contributed by atoms with Crippen molar-refractivity contribution in [1.82, 2.24) is 14.7 Å². The Bertz CT molecular complexity index is 1260. The first kappa shape index (κ1) is 22.1. The highest BCUT2D eigenvalue weighted by atomic mass is 16.5. The standard InChI is InChI=1S/C27H28N4O3/c1-33-24-9-5-8-23-25(29-31(26(23)24)15-14-30-16-18-34-19-17-30)27(32)28-22-12-10-21(11-13-22)20-6-3-2-4-7-20/h2-13H,14-19H2,1H3,(H,28,32). The van der Waals surface area contributed by atoms with E-state index in [-0.39, 0.29) is 5.91 Å². The van der Waals surface area contributed by atoms with Crippen LogP contribution in [0, 0.1) is 0 Å². The van der Waals surface area contributed by atoms with E-state index in [9.17, 15) is 4.79 Å². The van der Waals surface area contributed by atoms with Crippen LogP contribution in [0.4, 0.5) is 5.69 Å². The molecule has 1 N–H and O–H groups in total. The summed E-state index contributed by atoms with van der Waals surface area (Å²) in [6.07, 6.45) is 0. The van der Waals surface area contributed by atoms with Crippen molar-refractivity contribution in [2.24, 2.45) is 0 Å². The Morgan fingerprint density at radius 1 is 0.941 bits per heavy atom. The molecule has 34 heavy (non-hydrogen) atoms. The molecule has 7 heteroatoms. The summed E-state index contributed by atoms with van der Waals surface area (Å²) >= 11 is 0. The average Bonchev–Trinajstić information content (AvgIpc) is 3.28. The summed E-state index contributed by atoms with van der Waals surface area (Å²) in [7, 11) is 1.64.